The molecule has 4 rings (SSSR count). The van der Waals surface area contributed by atoms with Crippen LogP contribution in [0.2, 0.25) is 0 Å². The summed E-state index contributed by atoms with van der Waals surface area (Å²) in [7, 11) is 0. The molecular formula is C21H22N4O. The van der Waals surface area contributed by atoms with Gasteiger partial charge in [0.05, 0.1) is 12.4 Å². The van der Waals surface area contributed by atoms with Crippen LogP contribution >= 0.6 is 0 Å². The number of H-pyrrole nitrogens is 1. The van der Waals surface area contributed by atoms with Crippen molar-refractivity contribution in [1.29, 1.82) is 0 Å². The molecule has 1 aliphatic heterocycles. The Morgan fingerprint density at radius 3 is 2.77 bits per heavy atom. The first kappa shape index (κ1) is 16.4. The first-order valence-corrected chi connectivity index (χ1v) is 8.69. The van der Waals surface area contributed by atoms with Crippen molar-refractivity contribution in [2.75, 3.05) is 0 Å². The lowest BCUT2D eigenvalue weighted by Crippen LogP contribution is -2.10. The normalized spacial score (nSPS) is 19.2. The van der Waals surface area contributed by atoms with E-state index in [-0.39, 0.29) is 12.5 Å². The quantitative estimate of drug-likeness (QED) is 0.789. The van der Waals surface area contributed by atoms with Crippen molar-refractivity contribution in [3.05, 3.63) is 70.3 Å². The van der Waals surface area contributed by atoms with E-state index in [4.69, 9.17) is 5.73 Å². The van der Waals surface area contributed by atoms with Crippen molar-refractivity contribution >= 4 is 23.4 Å². The van der Waals surface area contributed by atoms with Crippen LogP contribution in [0.15, 0.2) is 52.8 Å². The van der Waals surface area contributed by atoms with Crippen molar-refractivity contribution in [1.82, 2.24) is 9.55 Å². The fraction of sp³-hybridized carbons (Fsp3) is 0.190. The van der Waals surface area contributed by atoms with Gasteiger partial charge in [-0.15, -0.1) is 0 Å². The number of aromatic amines is 1. The highest BCUT2D eigenvalue weighted by Gasteiger charge is 2.26. The van der Waals surface area contributed by atoms with Crippen LogP contribution in [0.4, 0.5) is 0 Å². The maximum Gasteiger partial charge on any atom is 0.200 e. The summed E-state index contributed by atoms with van der Waals surface area (Å²) in [5, 5.41) is 10.8. The van der Waals surface area contributed by atoms with E-state index in [1.807, 2.05) is 37.4 Å². The number of nitrogens with one attached hydrogen (secondary N) is 1. The second-order valence-electron chi connectivity index (χ2n) is 6.56. The molecule has 5 heteroatoms. The molecule has 0 bridgehead atoms. The molecule has 132 valence electrons. The van der Waals surface area contributed by atoms with E-state index < -0.39 is 0 Å². The number of hydrogen-bond donors (Lipinski definition) is 3. The summed E-state index contributed by atoms with van der Waals surface area (Å²) in [5.74, 6) is 0.210. The molecule has 0 spiro atoms. The molecule has 2 aromatic rings. The van der Waals surface area contributed by atoms with Crippen molar-refractivity contribution < 1.29 is 5.11 Å². The molecule has 5 nitrogen and oxygen atoms in total. The third-order valence-corrected chi connectivity index (χ3v) is 5.17. The number of hydrogen-bond acceptors (Lipinski definition) is 3. The van der Waals surface area contributed by atoms with Crippen molar-refractivity contribution in [2.24, 2.45) is 10.7 Å². The highest BCUT2D eigenvalue weighted by Crippen LogP contribution is 2.41. The van der Waals surface area contributed by atoms with Gasteiger partial charge < -0.3 is 15.8 Å². The maximum atomic E-state index is 10.8. The Labute approximate surface area is 152 Å². The molecule has 0 saturated heterocycles. The minimum absolute atomic E-state index is 0.210. The Kier molecular flexibility index (Phi) is 4.01. The maximum absolute atomic E-state index is 10.8. The number of nitrogens with zero attached hydrogens (tertiary/aromatic N) is 2. The van der Waals surface area contributed by atoms with Crippen LogP contribution in [0.3, 0.4) is 0 Å². The molecular weight excluding hydrogens is 324 g/mol. The SMILES string of the molecule is CC(=C1C=Cc2c(c(C(C)=C3C=CC=N3)c(O)n2CN)C1)c1ccc[nH]1. The van der Waals surface area contributed by atoms with E-state index in [2.05, 4.69) is 29.0 Å². The topological polar surface area (TPSA) is 79.3 Å². The zero-order valence-electron chi connectivity index (χ0n) is 15.0. The minimum atomic E-state index is 0.210. The van der Waals surface area contributed by atoms with E-state index >= 15 is 0 Å². The monoisotopic (exact) mass is 346 g/mol. The fourth-order valence-corrected chi connectivity index (χ4v) is 3.70. The van der Waals surface area contributed by atoms with E-state index in [0.29, 0.717) is 0 Å². The second kappa shape index (κ2) is 6.35. The first-order chi connectivity index (χ1) is 12.6. The highest BCUT2D eigenvalue weighted by atomic mass is 16.3. The first-order valence-electron chi connectivity index (χ1n) is 8.69. The highest BCUT2D eigenvalue weighted by molar-refractivity contribution is 5.86. The van der Waals surface area contributed by atoms with Crippen LogP contribution in [-0.2, 0) is 13.1 Å². The summed E-state index contributed by atoms with van der Waals surface area (Å²) < 4.78 is 1.76. The van der Waals surface area contributed by atoms with Gasteiger partial charge in [-0.05, 0) is 66.5 Å². The van der Waals surface area contributed by atoms with Gasteiger partial charge in [0.15, 0.2) is 0 Å². The number of fused-ring (bicyclic) bond motifs is 1. The van der Waals surface area contributed by atoms with Gasteiger partial charge in [-0.3, -0.25) is 9.56 Å². The predicted octanol–water partition coefficient (Wildman–Crippen LogP) is 3.85. The number of aromatic nitrogens is 2. The third kappa shape index (κ3) is 2.48. The lowest BCUT2D eigenvalue weighted by atomic mass is 9.90. The van der Waals surface area contributed by atoms with Crippen LogP contribution < -0.4 is 5.73 Å². The molecule has 2 aliphatic rings. The van der Waals surface area contributed by atoms with Crippen molar-refractivity contribution in [3.63, 3.8) is 0 Å². The van der Waals surface area contributed by atoms with Crippen molar-refractivity contribution in [2.45, 2.75) is 26.9 Å². The van der Waals surface area contributed by atoms with Gasteiger partial charge in [-0.1, -0.05) is 6.08 Å². The molecule has 1 aliphatic carbocycles. The Bertz CT molecular complexity index is 997. The smallest absolute Gasteiger partial charge is 0.200 e. The number of nitrogens with two attached hydrogens (primary N) is 1. The Morgan fingerprint density at radius 1 is 1.27 bits per heavy atom. The molecule has 4 N–H and O–H groups in total. The molecule has 2 aromatic heterocycles. The summed E-state index contributed by atoms with van der Waals surface area (Å²) >= 11 is 0. The summed E-state index contributed by atoms with van der Waals surface area (Å²) in [4.78, 5) is 7.65. The summed E-state index contributed by atoms with van der Waals surface area (Å²) in [5.41, 5.74) is 14.2. The minimum Gasteiger partial charge on any atom is -0.494 e. The number of rotatable bonds is 3. The van der Waals surface area contributed by atoms with E-state index in [1.165, 1.54) is 11.1 Å². The van der Waals surface area contributed by atoms with Crippen LogP contribution in [-0.4, -0.2) is 20.9 Å². The average Bonchev–Trinajstić information content (AvgIpc) is 3.39. The molecule has 0 aromatic carbocycles. The van der Waals surface area contributed by atoms with Crippen LogP contribution in [0.5, 0.6) is 5.88 Å². The standard InChI is InChI=1S/C21H22N4O/c1-13(17-5-3-9-23-17)15-7-8-19-16(11-15)20(21(26)25(19)12-22)14(2)18-6-4-10-24-18/h3-10,23,26H,11-12,22H2,1-2H3. The predicted molar refractivity (Wildman–Crippen MR) is 107 cm³/mol. The number of allylic oxidation sites excluding steroid dienone is 6. The zero-order valence-corrected chi connectivity index (χ0v) is 15.0. The summed E-state index contributed by atoms with van der Waals surface area (Å²) in [6.07, 6.45) is 12.5. The molecule has 0 amide bonds. The van der Waals surface area contributed by atoms with Gasteiger partial charge in [0.25, 0.3) is 0 Å². The van der Waals surface area contributed by atoms with Gasteiger partial charge >= 0.3 is 0 Å². The molecule has 0 radical (unpaired) electrons. The van der Waals surface area contributed by atoms with E-state index in [1.54, 1.807) is 10.8 Å². The average molecular weight is 346 g/mol. The van der Waals surface area contributed by atoms with Gasteiger partial charge in [-0.2, -0.15) is 0 Å². The molecule has 0 atom stereocenters. The van der Waals surface area contributed by atoms with E-state index in [9.17, 15) is 5.11 Å². The van der Waals surface area contributed by atoms with Gasteiger partial charge in [0, 0.05) is 35.8 Å². The second-order valence-corrected chi connectivity index (χ2v) is 6.56. The van der Waals surface area contributed by atoms with Gasteiger partial charge in [0.2, 0.25) is 5.88 Å². The fourth-order valence-electron chi connectivity index (χ4n) is 3.70. The summed E-state index contributed by atoms with van der Waals surface area (Å²) in [6, 6.07) is 4.07. The molecule has 0 saturated carbocycles. The largest absolute Gasteiger partial charge is 0.494 e. The number of aliphatic imine (C=N–C) groups is 1. The van der Waals surface area contributed by atoms with Crippen LogP contribution in [0.1, 0.15) is 36.4 Å². The lowest BCUT2D eigenvalue weighted by Gasteiger charge is -2.15. The molecule has 26 heavy (non-hydrogen) atoms. The van der Waals surface area contributed by atoms with Crippen LogP contribution in [0.25, 0.3) is 17.2 Å². The Balaban J connectivity index is 1.88. The number of aromatic hydroxyl groups is 1. The van der Waals surface area contributed by atoms with Crippen molar-refractivity contribution in [3.8, 4) is 5.88 Å². The third-order valence-electron chi connectivity index (χ3n) is 5.17. The van der Waals surface area contributed by atoms with Gasteiger partial charge in [0.1, 0.15) is 0 Å². The van der Waals surface area contributed by atoms with Gasteiger partial charge in [-0.25, -0.2) is 0 Å². The lowest BCUT2D eigenvalue weighted by molar-refractivity contribution is 0.417. The van der Waals surface area contributed by atoms with E-state index in [0.717, 1.165) is 40.2 Å². The Morgan fingerprint density at radius 2 is 2.12 bits per heavy atom. The Hall–Kier alpha value is -3.05. The molecule has 0 unspecified atom stereocenters. The molecule has 3 heterocycles. The van der Waals surface area contributed by atoms with Crippen LogP contribution in [0, 0.1) is 0 Å². The summed E-state index contributed by atoms with van der Waals surface area (Å²) in [6.45, 7) is 4.35. The molecule has 0 fully saturated rings. The zero-order chi connectivity index (χ0) is 18.3.